The molecule has 0 aliphatic carbocycles. The Kier molecular flexibility index (Phi) is 16.9. The topological polar surface area (TPSA) is 12.1 Å². The molecule has 0 N–H and O–H groups in total. The zero-order chi connectivity index (χ0) is 27.6. The van der Waals surface area contributed by atoms with Crippen LogP contribution in [0.4, 0.5) is 25.2 Å². The Hall–Kier alpha value is -0.540. The van der Waals surface area contributed by atoms with Gasteiger partial charge < -0.3 is 4.90 Å². The third kappa shape index (κ3) is 28.0. The van der Waals surface area contributed by atoms with Gasteiger partial charge in [-0.1, -0.05) is 102 Å². The van der Waals surface area contributed by atoms with E-state index in [1.54, 1.807) is 0 Å². The van der Waals surface area contributed by atoms with E-state index in [4.69, 9.17) is 12.2 Å². The number of nitrogens with zero attached hydrogens (tertiary/aromatic N) is 3. The van der Waals surface area contributed by atoms with Crippen LogP contribution in [-0.2, 0) is 13.6 Å². The van der Waals surface area contributed by atoms with Crippen LogP contribution in [0.25, 0.3) is 0 Å². The average Bonchev–Trinajstić information content (AvgIpc) is 3.17. The van der Waals surface area contributed by atoms with E-state index in [1.807, 2.05) is 11.8 Å². The van der Waals surface area contributed by atoms with Gasteiger partial charge in [-0.25, -0.2) is 9.13 Å². The van der Waals surface area contributed by atoms with E-state index in [9.17, 15) is 25.2 Å². The molecular weight excluding hydrogens is 539 g/mol. The van der Waals surface area contributed by atoms with Crippen molar-refractivity contribution in [3.63, 3.8) is 0 Å². The number of hydrogen-bond donors (Lipinski definition) is 0. The number of thiocarbonyl (C=S) groups is 1. The zero-order valence-corrected chi connectivity index (χ0v) is 24.7. The molecule has 0 aliphatic heterocycles. The van der Waals surface area contributed by atoms with Gasteiger partial charge in [-0.05, 0) is 19.3 Å². The van der Waals surface area contributed by atoms with Crippen LogP contribution >= 0.6 is 31.8 Å². The van der Waals surface area contributed by atoms with Gasteiger partial charge in [-0.15, -0.1) is 0 Å². The van der Waals surface area contributed by atoms with E-state index in [1.165, 1.54) is 83.5 Å². The molecule has 0 atom stereocenters. The van der Waals surface area contributed by atoms with Crippen LogP contribution in [0.2, 0.25) is 0 Å². The van der Waals surface area contributed by atoms with Crippen molar-refractivity contribution in [2.24, 2.45) is 7.05 Å². The molecule has 0 unspecified atom stereocenters. The summed E-state index contributed by atoms with van der Waals surface area (Å²) in [6, 6.07) is 0. The predicted molar refractivity (Wildman–Crippen MR) is 147 cm³/mol. The van der Waals surface area contributed by atoms with Crippen molar-refractivity contribution in [2.45, 2.75) is 104 Å². The Morgan fingerprint density at radius 1 is 0.806 bits per heavy atom. The average molecular weight is 586 g/mol. The first-order valence-corrected chi connectivity index (χ1v) is 16.5. The molecule has 3 nitrogen and oxygen atoms in total. The summed E-state index contributed by atoms with van der Waals surface area (Å²) in [5.41, 5.74) is 0. The Labute approximate surface area is 223 Å². The molecule has 0 radical (unpaired) electrons. The van der Waals surface area contributed by atoms with E-state index in [0.29, 0.717) is 0 Å². The van der Waals surface area contributed by atoms with E-state index < -0.39 is 7.81 Å². The molecule has 0 saturated carbocycles. The van der Waals surface area contributed by atoms with Gasteiger partial charge in [0.05, 0.1) is 13.6 Å². The molecule has 1 aromatic rings. The van der Waals surface area contributed by atoms with E-state index in [-0.39, 0.29) is 0 Å². The number of thioether (sulfide) groups is 1. The summed E-state index contributed by atoms with van der Waals surface area (Å²) in [5, 5.41) is 0. The second-order valence-electron chi connectivity index (χ2n) is 9.27. The number of aromatic nitrogens is 2. The molecular formula is C24H46F6N3PS2. The third-order valence-electron chi connectivity index (χ3n) is 5.43. The van der Waals surface area contributed by atoms with Crippen LogP contribution in [0.3, 0.4) is 0 Å². The molecule has 1 rings (SSSR count). The normalized spacial score (nSPS) is 13.5. The number of imidazole rings is 1. The van der Waals surface area contributed by atoms with E-state index in [0.717, 1.165) is 29.7 Å². The third-order valence-corrected chi connectivity index (χ3v) is 7.04. The van der Waals surface area contributed by atoms with Crippen LogP contribution in [-0.4, -0.2) is 32.6 Å². The molecule has 1 heterocycles. The van der Waals surface area contributed by atoms with Crippen LogP contribution in [0.1, 0.15) is 97.3 Å². The van der Waals surface area contributed by atoms with E-state index in [2.05, 4.69) is 53.7 Å². The quantitative estimate of drug-likeness (QED) is 0.0559. The van der Waals surface area contributed by atoms with Gasteiger partial charge >= 0.3 is 33.0 Å². The van der Waals surface area contributed by atoms with E-state index >= 15 is 0 Å². The van der Waals surface area contributed by atoms with Gasteiger partial charge in [0.1, 0.15) is 16.7 Å². The number of rotatable bonds is 18. The summed E-state index contributed by atoms with van der Waals surface area (Å²) in [7, 11) is -8.59. The standard InChI is InChI=1S/C24H46N3S2.F6P/c1-4-6-8-10-12-14-18-27(19-15-13-11-9-7-5-2)24(28)29-22-16-17-26-21-20-25(3)23-26;1-7(2,3,4,5)6/h20-21,23H,4-19,22H2,1-3H3;/q+1;-1. The number of halogens is 6. The van der Waals surface area contributed by atoms with Crippen LogP contribution in [0.15, 0.2) is 18.7 Å². The van der Waals surface area contributed by atoms with Crippen molar-refractivity contribution < 1.29 is 29.7 Å². The van der Waals surface area contributed by atoms with Crippen LogP contribution in [0.5, 0.6) is 0 Å². The van der Waals surface area contributed by atoms with Crippen molar-refractivity contribution >= 4 is 36.1 Å². The molecule has 0 aliphatic rings. The van der Waals surface area contributed by atoms with Gasteiger partial charge in [0.15, 0.2) is 0 Å². The summed E-state index contributed by atoms with van der Waals surface area (Å²) in [6.07, 6.45) is 23.8. The van der Waals surface area contributed by atoms with Gasteiger partial charge in [-0.2, -0.15) is 0 Å². The molecule has 0 bridgehead atoms. The predicted octanol–water partition coefficient (Wildman–Crippen LogP) is 10.1. The molecule has 36 heavy (non-hydrogen) atoms. The number of hydrogen-bond acceptors (Lipinski definition) is 2. The molecule has 216 valence electrons. The fourth-order valence-electron chi connectivity index (χ4n) is 3.59. The minimum absolute atomic E-state index is 1.07. The van der Waals surface area contributed by atoms with Gasteiger partial charge in [0.25, 0.3) is 0 Å². The van der Waals surface area contributed by atoms with Gasteiger partial charge in [0, 0.05) is 18.8 Å². The maximum atomic E-state index is 9.87. The maximum absolute atomic E-state index is 10.7. The zero-order valence-electron chi connectivity index (χ0n) is 22.1. The molecule has 0 spiro atoms. The van der Waals surface area contributed by atoms with Gasteiger partial charge in [0.2, 0.25) is 6.33 Å². The number of unbranched alkanes of at least 4 members (excludes halogenated alkanes) is 10. The second kappa shape index (κ2) is 17.1. The summed E-state index contributed by atoms with van der Waals surface area (Å²) in [4.78, 5) is 2.51. The molecule has 0 aromatic carbocycles. The van der Waals surface area contributed by atoms with Crippen molar-refractivity contribution in [1.82, 2.24) is 9.47 Å². The fraction of sp³-hybridized carbons (Fsp3) is 0.833. The van der Waals surface area contributed by atoms with Crippen LogP contribution in [0, 0.1) is 0 Å². The Bertz CT molecular complexity index is 687. The summed E-state index contributed by atoms with van der Waals surface area (Å²) in [6.45, 7) is 7.95. The number of aryl methyl sites for hydroxylation is 2. The van der Waals surface area contributed by atoms with Crippen molar-refractivity contribution in [3.05, 3.63) is 18.7 Å². The Morgan fingerprint density at radius 2 is 1.25 bits per heavy atom. The van der Waals surface area contributed by atoms with Crippen molar-refractivity contribution in [3.8, 4) is 0 Å². The molecule has 12 heteroatoms. The first kappa shape index (κ1) is 35.5. The summed E-state index contributed by atoms with van der Waals surface area (Å²) >= 11 is 7.72. The fourth-order valence-corrected chi connectivity index (χ4v) is 4.84. The second-order valence-corrected chi connectivity index (χ2v) is 12.9. The summed E-state index contributed by atoms with van der Waals surface area (Å²) in [5.74, 6) is 1.12. The Morgan fingerprint density at radius 3 is 1.67 bits per heavy atom. The van der Waals surface area contributed by atoms with Gasteiger partial charge in [-0.3, -0.25) is 0 Å². The monoisotopic (exact) mass is 585 g/mol. The first-order chi connectivity index (χ1) is 16.6. The molecule has 1 aromatic heterocycles. The first-order valence-electron chi connectivity index (χ1n) is 13.1. The SMILES string of the molecule is CCCCCCCCN(CCCCCCCC)C(=S)SCCCn1cc[n+](C)c1.F[P-](F)(F)(F)(F)F. The molecule has 0 saturated heterocycles. The molecule has 0 amide bonds. The Balaban J connectivity index is 0.00000152. The summed E-state index contributed by atoms with van der Waals surface area (Å²) < 4.78 is 64.7. The van der Waals surface area contributed by atoms with Crippen molar-refractivity contribution in [1.29, 1.82) is 0 Å². The van der Waals surface area contributed by atoms with Crippen molar-refractivity contribution in [2.75, 3.05) is 18.8 Å². The molecule has 0 fully saturated rings. The van der Waals surface area contributed by atoms with Crippen LogP contribution < -0.4 is 4.57 Å². The minimum atomic E-state index is -10.7.